The fourth-order valence-electron chi connectivity index (χ4n) is 1.58. The first-order valence-corrected chi connectivity index (χ1v) is 6.40. The Balaban J connectivity index is 2.51. The monoisotopic (exact) mass is 285 g/mol. The minimum absolute atomic E-state index is 0.175. The number of hydrogen-bond acceptors (Lipinski definition) is 3. The molecule has 0 aromatic carbocycles. The maximum atomic E-state index is 6.01. The molecular formula is C12H20BrN3. The van der Waals surface area contributed by atoms with E-state index in [2.05, 4.69) is 40.1 Å². The van der Waals surface area contributed by atoms with Gasteiger partial charge in [0.05, 0.1) is 4.47 Å². The Kier molecular flexibility index (Phi) is 5.22. The Labute approximate surface area is 106 Å². The standard InChI is InChI=1S/C12H20BrN3/c1-8(2)6-10(14)7-16-12-11(13)9(3)4-5-15-12/h4-5,8,10H,6-7,14H2,1-3H3,(H,15,16). The van der Waals surface area contributed by atoms with E-state index in [1.165, 1.54) is 5.56 Å². The molecule has 0 aliphatic heterocycles. The van der Waals surface area contributed by atoms with Crippen molar-refractivity contribution in [2.24, 2.45) is 11.7 Å². The van der Waals surface area contributed by atoms with Crippen molar-refractivity contribution in [2.45, 2.75) is 33.2 Å². The van der Waals surface area contributed by atoms with Gasteiger partial charge in [0.1, 0.15) is 5.82 Å². The fraction of sp³-hybridized carbons (Fsp3) is 0.583. The van der Waals surface area contributed by atoms with Crippen LogP contribution in [-0.4, -0.2) is 17.6 Å². The topological polar surface area (TPSA) is 50.9 Å². The maximum absolute atomic E-state index is 6.01. The van der Waals surface area contributed by atoms with E-state index in [-0.39, 0.29) is 6.04 Å². The minimum Gasteiger partial charge on any atom is -0.368 e. The zero-order valence-electron chi connectivity index (χ0n) is 10.1. The van der Waals surface area contributed by atoms with Crippen molar-refractivity contribution in [3.63, 3.8) is 0 Å². The van der Waals surface area contributed by atoms with Gasteiger partial charge >= 0.3 is 0 Å². The molecule has 0 saturated heterocycles. The first kappa shape index (κ1) is 13.5. The van der Waals surface area contributed by atoms with Crippen LogP contribution in [0.3, 0.4) is 0 Å². The molecule has 0 fully saturated rings. The highest BCUT2D eigenvalue weighted by Crippen LogP contribution is 2.23. The summed E-state index contributed by atoms with van der Waals surface area (Å²) in [5, 5.41) is 3.28. The zero-order chi connectivity index (χ0) is 12.1. The molecule has 0 amide bonds. The van der Waals surface area contributed by atoms with Crippen LogP contribution >= 0.6 is 15.9 Å². The van der Waals surface area contributed by atoms with Gasteiger partial charge in [0, 0.05) is 18.8 Å². The molecule has 0 aliphatic carbocycles. The van der Waals surface area contributed by atoms with Gasteiger partial charge in [0.2, 0.25) is 0 Å². The summed E-state index contributed by atoms with van der Waals surface area (Å²) < 4.78 is 1.02. The van der Waals surface area contributed by atoms with E-state index in [1.807, 2.05) is 13.0 Å². The number of aryl methyl sites for hydroxylation is 1. The van der Waals surface area contributed by atoms with Gasteiger partial charge < -0.3 is 11.1 Å². The van der Waals surface area contributed by atoms with Crippen LogP contribution in [0.2, 0.25) is 0 Å². The smallest absolute Gasteiger partial charge is 0.140 e. The third-order valence-corrected chi connectivity index (χ3v) is 3.39. The second kappa shape index (κ2) is 6.21. The molecule has 3 nitrogen and oxygen atoms in total. The van der Waals surface area contributed by atoms with E-state index in [4.69, 9.17) is 5.73 Å². The van der Waals surface area contributed by atoms with Crippen molar-refractivity contribution in [3.8, 4) is 0 Å². The Bertz CT molecular complexity index is 339. The summed E-state index contributed by atoms with van der Waals surface area (Å²) in [5.41, 5.74) is 7.18. The van der Waals surface area contributed by atoms with Crippen LogP contribution in [0.4, 0.5) is 5.82 Å². The Morgan fingerprint density at radius 1 is 1.50 bits per heavy atom. The van der Waals surface area contributed by atoms with Gasteiger partial charge in [-0.3, -0.25) is 0 Å². The lowest BCUT2D eigenvalue weighted by molar-refractivity contribution is 0.508. The summed E-state index contributed by atoms with van der Waals surface area (Å²) in [6.45, 7) is 7.17. The second-order valence-electron chi connectivity index (χ2n) is 4.56. The van der Waals surface area contributed by atoms with Crippen LogP contribution in [0.15, 0.2) is 16.7 Å². The lowest BCUT2D eigenvalue weighted by Gasteiger charge is -2.16. The number of nitrogens with two attached hydrogens (primary N) is 1. The summed E-state index contributed by atoms with van der Waals surface area (Å²) in [7, 11) is 0. The highest BCUT2D eigenvalue weighted by molar-refractivity contribution is 9.10. The van der Waals surface area contributed by atoms with Crippen molar-refractivity contribution in [3.05, 3.63) is 22.3 Å². The van der Waals surface area contributed by atoms with Crippen LogP contribution in [0.1, 0.15) is 25.8 Å². The van der Waals surface area contributed by atoms with E-state index >= 15 is 0 Å². The molecule has 0 bridgehead atoms. The van der Waals surface area contributed by atoms with Gasteiger partial charge in [-0.1, -0.05) is 13.8 Å². The Morgan fingerprint density at radius 2 is 2.19 bits per heavy atom. The second-order valence-corrected chi connectivity index (χ2v) is 5.35. The van der Waals surface area contributed by atoms with Crippen molar-refractivity contribution in [1.29, 1.82) is 0 Å². The zero-order valence-corrected chi connectivity index (χ0v) is 11.7. The molecule has 16 heavy (non-hydrogen) atoms. The number of anilines is 1. The molecule has 90 valence electrons. The molecular weight excluding hydrogens is 266 g/mol. The Morgan fingerprint density at radius 3 is 2.81 bits per heavy atom. The van der Waals surface area contributed by atoms with E-state index in [1.54, 1.807) is 6.20 Å². The van der Waals surface area contributed by atoms with Crippen molar-refractivity contribution in [2.75, 3.05) is 11.9 Å². The SMILES string of the molecule is Cc1ccnc(NCC(N)CC(C)C)c1Br. The summed E-state index contributed by atoms with van der Waals surface area (Å²) in [6, 6.07) is 2.15. The highest BCUT2D eigenvalue weighted by atomic mass is 79.9. The predicted octanol–water partition coefficient (Wildman–Crippen LogP) is 2.94. The molecule has 0 radical (unpaired) electrons. The van der Waals surface area contributed by atoms with Crippen LogP contribution in [0.5, 0.6) is 0 Å². The van der Waals surface area contributed by atoms with Crippen LogP contribution in [0.25, 0.3) is 0 Å². The van der Waals surface area contributed by atoms with E-state index in [0.717, 1.165) is 23.3 Å². The average molecular weight is 286 g/mol. The first-order chi connectivity index (χ1) is 7.50. The number of nitrogens with zero attached hydrogens (tertiary/aromatic N) is 1. The number of nitrogens with one attached hydrogen (secondary N) is 1. The van der Waals surface area contributed by atoms with Gasteiger partial charge in [-0.25, -0.2) is 4.98 Å². The molecule has 1 rings (SSSR count). The number of halogens is 1. The van der Waals surface area contributed by atoms with Crippen LogP contribution < -0.4 is 11.1 Å². The molecule has 1 aromatic rings. The summed E-state index contributed by atoms with van der Waals surface area (Å²) in [6.07, 6.45) is 2.83. The van der Waals surface area contributed by atoms with Crippen molar-refractivity contribution < 1.29 is 0 Å². The fourth-order valence-corrected chi connectivity index (χ4v) is 1.95. The molecule has 1 unspecified atom stereocenters. The van der Waals surface area contributed by atoms with E-state index in [9.17, 15) is 0 Å². The van der Waals surface area contributed by atoms with Crippen molar-refractivity contribution >= 4 is 21.7 Å². The normalized spacial score (nSPS) is 12.9. The number of aromatic nitrogens is 1. The molecule has 0 saturated carbocycles. The van der Waals surface area contributed by atoms with Gasteiger partial charge in [0.25, 0.3) is 0 Å². The first-order valence-electron chi connectivity index (χ1n) is 5.61. The highest BCUT2D eigenvalue weighted by Gasteiger charge is 2.08. The van der Waals surface area contributed by atoms with Crippen LogP contribution in [-0.2, 0) is 0 Å². The number of hydrogen-bond donors (Lipinski definition) is 2. The molecule has 0 aliphatic rings. The third-order valence-electron chi connectivity index (χ3n) is 2.39. The quantitative estimate of drug-likeness (QED) is 0.875. The van der Waals surface area contributed by atoms with E-state index in [0.29, 0.717) is 5.92 Å². The van der Waals surface area contributed by atoms with E-state index < -0.39 is 0 Å². The average Bonchev–Trinajstić information content (AvgIpc) is 2.19. The molecule has 1 heterocycles. The van der Waals surface area contributed by atoms with Crippen LogP contribution in [0, 0.1) is 12.8 Å². The Hall–Kier alpha value is -0.610. The number of pyridine rings is 1. The molecule has 4 heteroatoms. The summed E-state index contributed by atoms with van der Waals surface area (Å²) in [5.74, 6) is 1.50. The van der Waals surface area contributed by atoms with Gasteiger partial charge in [-0.15, -0.1) is 0 Å². The lowest BCUT2D eigenvalue weighted by atomic mass is 10.0. The largest absolute Gasteiger partial charge is 0.368 e. The van der Waals surface area contributed by atoms with Crippen molar-refractivity contribution in [1.82, 2.24) is 4.98 Å². The molecule has 3 N–H and O–H groups in total. The van der Waals surface area contributed by atoms with Gasteiger partial charge in [-0.05, 0) is 46.8 Å². The van der Waals surface area contributed by atoms with Gasteiger partial charge in [0.15, 0.2) is 0 Å². The minimum atomic E-state index is 0.175. The number of rotatable bonds is 5. The molecule has 0 spiro atoms. The molecule has 1 atom stereocenters. The van der Waals surface area contributed by atoms with Gasteiger partial charge in [-0.2, -0.15) is 0 Å². The maximum Gasteiger partial charge on any atom is 0.140 e. The summed E-state index contributed by atoms with van der Waals surface area (Å²) >= 11 is 3.52. The lowest BCUT2D eigenvalue weighted by Crippen LogP contribution is -2.30. The predicted molar refractivity (Wildman–Crippen MR) is 72.6 cm³/mol. The summed E-state index contributed by atoms with van der Waals surface area (Å²) in [4.78, 5) is 4.28. The third kappa shape index (κ3) is 4.10. The molecule has 1 aromatic heterocycles.